The van der Waals surface area contributed by atoms with Crippen LogP contribution >= 0.6 is 23.2 Å². The molecule has 3 aromatic carbocycles. The van der Waals surface area contributed by atoms with Gasteiger partial charge in [-0.25, -0.2) is 13.5 Å². The van der Waals surface area contributed by atoms with Crippen molar-refractivity contribution in [2.75, 3.05) is 0 Å². The Bertz CT molecular complexity index is 1280. The first-order valence-corrected chi connectivity index (χ1v) is 10.2. The Hall–Kier alpha value is -3.10. The fourth-order valence-electron chi connectivity index (χ4n) is 3.15. The molecule has 33 heavy (non-hydrogen) atoms. The Morgan fingerprint density at radius 3 is 2.18 bits per heavy atom. The molecule has 0 spiro atoms. The van der Waals surface area contributed by atoms with Gasteiger partial charge in [-0.15, -0.1) is 0 Å². The van der Waals surface area contributed by atoms with Gasteiger partial charge in [0.2, 0.25) is 0 Å². The van der Waals surface area contributed by atoms with Crippen molar-refractivity contribution >= 4 is 23.2 Å². The Kier molecular flexibility index (Phi) is 6.32. The summed E-state index contributed by atoms with van der Waals surface area (Å²) in [4.78, 5) is 0. The number of nitrogens with zero attached hydrogens (tertiary/aromatic N) is 2. The van der Waals surface area contributed by atoms with Crippen LogP contribution in [0.2, 0.25) is 10.0 Å². The number of hydrogen-bond donors (Lipinski definition) is 0. The molecule has 0 saturated carbocycles. The van der Waals surface area contributed by atoms with Gasteiger partial charge in [-0.05, 0) is 54.1 Å². The van der Waals surface area contributed by atoms with Gasteiger partial charge in [-0.2, -0.15) is 18.3 Å². The van der Waals surface area contributed by atoms with Gasteiger partial charge in [0.15, 0.2) is 5.69 Å². The van der Waals surface area contributed by atoms with Crippen LogP contribution in [0, 0.1) is 11.6 Å². The van der Waals surface area contributed by atoms with Crippen LogP contribution in [0.5, 0.6) is 5.75 Å². The zero-order valence-electron chi connectivity index (χ0n) is 16.5. The number of alkyl halides is 3. The van der Waals surface area contributed by atoms with Crippen LogP contribution in [0.15, 0.2) is 66.7 Å². The van der Waals surface area contributed by atoms with Crippen molar-refractivity contribution in [2.45, 2.75) is 12.8 Å². The quantitative estimate of drug-likeness (QED) is 0.263. The average Bonchev–Trinajstić information content (AvgIpc) is 3.19. The van der Waals surface area contributed by atoms with Crippen molar-refractivity contribution in [3.8, 4) is 22.6 Å². The molecule has 0 unspecified atom stereocenters. The van der Waals surface area contributed by atoms with Gasteiger partial charge in [0.05, 0.1) is 15.7 Å². The SMILES string of the molecule is Fc1ccc(F)c(-c2ccc(OCc3cc(C(F)(F)F)nn3-c3c(Cl)cccc3Cl)cc2)c1. The molecule has 0 bridgehead atoms. The molecule has 4 aromatic rings. The fourth-order valence-corrected chi connectivity index (χ4v) is 3.71. The van der Waals surface area contributed by atoms with Gasteiger partial charge in [0.1, 0.15) is 29.7 Å². The Labute approximate surface area is 194 Å². The molecule has 1 heterocycles. The molecule has 0 N–H and O–H groups in total. The lowest BCUT2D eigenvalue weighted by molar-refractivity contribution is -0.141. The molecule has 0 aliphatic rings. The van der Waals surface area contributed by atoms with Gasteiger partial charge in [-0.1, -0.05) is 41.4 Å². The maximum atomic E-state index is 14.0. The number of aromatic nitrogens is 2. The fraction of sp³-hybridized carbons (Fsp3) is 0.0870. The molecule has 170 valence electrons. The summed E-state index contributed by atoms with van der Waals surface area (Å²) in [5, 5.41) is 3.85. The summed E-state index contributed by atoms with van der Waals surface area (Å²) in [5.74, 6) is -0.883. The van der Waals surface area contributed by atoms with Crippen molar-refractivity contribution in [2.24, 2.45) is 0 Å². The van der Waals surface area contributed by atoms with E-state index in [1.807, 2.05) is 0 Å². The third kappa shape index (κ3) is 4.96. The maximum absolute atomic E-state index is 14.0. The summed E-state index contributed by atoms with van der Waals surface area (Å²) in [6.07, 6.45) is -4.69. The smallest absolute Gasteiger partial charge is 0.435 e. The van der Waals surface area contributed by atoms with Crippen molar-refractivity contribution < 1.29 is 26.7 Å². The van der Waals surface area contributed by atoms with Crippen LogP contribution in [-0.4, -0.2) is 9.78 Å². The summed E-state index contributed by atoms with van der Waals surface area (Å²) < 4.78 is 73.9. The Morgan fingerprint density at radius 2 is 1.55 bits per heavy atom. The molecule has 0 fully saturated rings. The van der Waals surface area contributed by atoms with Crippen LogP contribution in [0.25, 0.3) is 16.8 Å². The highest BCUT2D eigenvalue weighted by Gasteiger charge is 2.35. The first-order valence-electron chi connectivity index (χ1n) is 9.42. The summed E-state index contributed by atoms with van der Waals surface area (Å²) in [6.45, 7) is -0.293. The van der Waals surface area contributed by atoms with E-state index in [1.165, 1.54) is 36.4 Å². The molecular weight excluding hydrogens is 486 g/mol. The molecule has 0 saturated heterocycles. The Morgan fingerprint density at radius 1 is 0.879 bits per heavy atom. The van der Waals surface area contributed by atoms with Crippen LogP contribution in [0.1, 0.15) is 11.4 Å². The zero-order chi connectivity index (χ0) is 23.8. The summed E-state index contributed by atoms with van der Waals surface area (Å²) in [6, 6.07) is 14.5. The summed E-state index contributed by atoms with van der Waals surface area (Å²) in [5.41, 5.74) is -0.507. The van der Waals surface area contributed by atoms with Crippen molar-refractivity contribution in [3.05, 3.63) is 99.8 Å². The number of rotatable bonds is 5. The first kappa shape index (κ1) is 23.1. The molecule has 0 atom stereocenters. The van der Waals surface area contributed by atoms with E-state index in [0.717, 1.165) is 28.9 Å². The molecule has 0 aliphatic carbocycles. The molecule has 3 nitrogen and oxygen atoms in total. The second-order valence-corrected chi connectivity index (χ2v) is 7.75. The van der Waals surface area contributed by atoms with Gasteiger partial charge in [0.25, 0.3) is 0 Å². The highest BCUT2D eigenvalue weighted by Crippen LogP contribution is 2.34. The van der Waals surface area contributed by atoms with E-state index in [9.17, 15) is 22.0 Å². The predicted octanol–water partition coefficient (Wildman–Crippen LogP) is 7.72. The van der Waals surface area contributed by atoms with E-state index in [4.69, 9.17) is 27.9 Å². The number of benzene rings is 3. The second kappa shape index (κ2) is 9.03. The minimum atomic E-state index is -4.69. The van der Waals surface area contributed by atoms with Gasteiger partial charge < -0.3 is 4.74 Å². The monoisotopic (exact) mass is 498 g/mol. The lowest BCUT2D eigenvalue weighted by Crippen LogP contribution is -2.09. The highest BCUT2D eigenvalue weighted by molar-refractivity contribution is 6.37. The lowest BCUT2D eigenvalue weighted by Gasteiger charge is -2.12. The third-order valence-corrected chi connectivity index (χ3v) is 5.31. The molecule has 0 aliphatic heterocycles. The van der Waals surface area contributed by atoms with E-state index in [2.05, 4.69) is 5.10 Å². The predicted molar refractivity (Wildman–Crippen MR) is 115 cm³/mol. The van der Waals surface area contributed by atoms with Crippen LogP contribution in [0.3, 0.4) is 0 Å². The summed E-state index contributed by atoms with van der Waals surface area (Å²) in [7, 11) is 0. The lowest BCUT2D eigenvalue weighted by atomic mass is 10.0. The van der Waals surface area contributed by atoms with E-state index >= 15 is 0 Å². The standard InChI is InChI=1S/C23H13Cl2F5N2O/c24-18-2-1-3-19(25)22(18)32-15(11-21(31-32)23(28,29)30)12-33-16-7-4-13(5-8-16)17-10-14(26)6-9-20(17)27/h1-11H,12H2. The number of halogens is 7. The summed E-state index contributed by atoms with van der Waals surface area (Å²) >= 11 is 12.3. The number of ether oxygens (including phenoxy) is 1. The second-order valence-electron chi connectivity index (χ2n) is 6.94. The number of para-hydroxylation sites is 1. The van der Waals surface area contributed by atoms with Crippen molar-refractivity contribution in [1.82, 2.24) is 9.78 Å². The van der Waals surface area contributed by atoms with Gasteiger partial charge >= 0.3 is 6.18 Å². The van der Waals surface area contributed by atoms with E-state index in [-0.39, 0.29) is 33.6 Å². The van der Waals surface area contributed by atoms with Crippen LogP contribution in [-0.2, 0) is 12.8 Å². The maximum Gasteiger partial charge on any atom is 0.435 e. The molecule has 10 heteroatoms. The minimum Gasteiger partial charge on any atom is -0.487 e. The molecule has 4 rings (SSSR count). The van der Waals surface area contributed by atoms with Gasteiger partial charge in [0, 0.05) is 5.56 Å². The zero-order valence-corrected chi connectivity index (χ0v) is 18.0. The third-order valence-electron chi connectivity index (χ3n) is 4.70. The Balaban J connectivity index is 1.62. The highest BCUT2D eigenvalue weighted by atomic mass is 35.5. The van der Waals surface area contributed by atoms with Crippen LogP contribution < -0.4 is 4.74 Å². The molecule has 0 radical (unpaired) electrons. The first-order chi connectivity index (χ1) is 15.6. The molecule has 0 amide bonds. The van der Waals surface area contributed by atoms with E-state index in [1.54, 1.807) is 6.07 Å². The largest absolute Gasteiger partial charge is 0.487 e. The molecule has 1 aromatic heterocycles. The van der Waals surface area contributed by atoms with E-state index < -0.39 is 23.5 Å². The average molecular weight is 499 g/mol. The normalized spacial score (nSPS) is 11.6. The van der Waals surface area contributed by atoms with Crippen molar-refractivity contribution in [1.29, 1.82) is 0 Å². The van der Waals surface area contributed by atoms with Crippen LogP contribution in [0.4, 0.5) is 22.0 Å². The number of hydrogen-bond acceptors (Lipinski definition) is 2. The minimum absolute atomic E-state index is 0.0533. The topological polar surface area (TPSA) is 27.1 Å². The van der Waals surface area contributed by atoms with Gasteiger partial charge in [-0.3, -0.25) is 0 Å². The molecular formula is C23H13Cl2F5N2O. The van der Waals surface area contributed by atoms with E-state index in [0.29, 0.717) is 11.3 Å². The van der Waals surface area contributed by atoms with Crippen molar-refractivity contribution in [3.63, 3.8) is 0 Å².